The van der Waals surface area contributed by atoms with Crippen LogP contribution in [0.5, 0.6) is 0 Å². The standard InChI is InChI=1S/C25H22N2OS/c28-25(27-22-10-5-2-6-11-22)21-15-13-19(14-16-21)18-26-24(23-12-7-17-29-23)20-8-3-1-4-9-20/h1-17,24,26H,18H2,(H,27,28)/t24-/m1/s1. The van der Waals surface area contributed by atoms with Gasteiger partial charge in [0, 0.05) is 22.7 Å². The zero-order chi connectivity index (χ0) is 19.9. The van der Waals surface area contributed by atoms with Crippen LogP contribution in [-0.4, -0.2) is 5.91 Å². The molecule has 29 heavy (non-hydrogen) atoms. The Morgan fingerprint density at radius 3 is 2.14 bits per heavy atom. The molecule has 144 valence electrons. The highest BCUT2D eigenvalue weighted by molar-refractivity contribution is 7.10. The molecule has 0 aliphatic rings. The van der Waals surface area contributed by atoms with E-state index in [-0.39, 0.29) is 11.9 Å². The fourth-order valence-electron chi connectivity index (χ4n) is 3.20. The third kappa shape index (κ3) is 4.99. The van der Waals surface area contributed by atoms with Crippen molar-refractivity contribution in [2.45, 2.75) is 12.6 Å². The van der Waals surface area contributed by atoms with E-state index in [4.69, 9.17) is 0 Å². The van der Waals surface area contributed by atoms with Crippen LogP contribution in [0.3, 0.4) is 0 Å². The number of hydrogen-bond donors (Lipinski definition) is 2. The van der Waals surface area contributed by atoms with Gasteiger partial charge in [0.05, 0.1) is 6.04 Å². The van der Waals surface area contributed by atoms with E-state index in [1.165, 1.54) is 10.4 Å². The molecule has 0 aliphatic carbocycles. The van der Waals surface area contributed by atoms with Crippen LogP contribution in [0.25, 0.3) is 0 Å². The van der Waals surface area contributed by atoms with Gasteiger partial charge in [0.1, 0.15) is 0 Å². The summed E-state index contributed by atoms with van der Waals surface area (Å²) in [5.41, 5.74) is 3.83. The lowest BCUT2D eigenvalue weighted by Crippen LogP contribution is -2.21. The molecule has 0 saturated heterocycles. The third-order valence-corrected chi connectivity index (χ3v) is 5.66. The summed E-state index contributed by atoms with van der Waals surface area (Å²) in [5, 5.41) is 8.67. The minimum Gasteiger partial charge on any atom is -0.322 e. The Hall–Kier alpha value is -3.21. The van der Waals surface area contributed by atoms with E-state index in [9.17, 15) is 4.79 Å². The lowest BCUT2D eigenvalue weighted by atomic mass is 10.0. The van der Waals surface area contributed by atoms with Crippen molar-refractivity contribution in [3.8, 4) is 0 Å². The largest absolute Gasteiger partial charge is 0.322 e. The summed E-state index contributed by atoms with van der Waals surface area (Å²) >= 11 is 1.75. The van der Waals surface area contributed by atoms with Gasteiger partial charge in [-0.3, -0.25) is 4.79 Å². The van der Waals surface area contributed by atoms with Crippen LogP contribution in [0.4, 0.5) is 5.69 Å². The number of nitrogens with one attached hydrogen (secondary N) is 2. The van der Waals surface area contributed by atoms with Crippen molar-refractivity contribution in [2.75, 3.05) is 5.32 Å². The molecule has 1 aromatic heterocycles. The lowest BCUT2D eigenvalue weighted by molar-refractivity contribution is 0.102. The molecule has 3 nitrogen and oxygen atoms in total. The van der Waals surface area contributed by atoms with Gasteiger partial charge in [0.2, 0.25) is 0 Å². The Morgan fingerprint density at radius 2 is 1.48 bits per heavy atom. The molecule has 0 bridgehead atoms. The van der Waals surface area contributed by atoms with E-state index in [1.807, 2.05) is 60.7 Å². The first kappa shape index (κ1) is 19.1. The first-order chi connectivity index (χ1) is 14.3. The van der Waals surface area contributed by atoms with Gasteiger partial charge in [0.25, 0.3) is 5.91 Å². The van der Waals surface area contributed by atoms with E-state index in [1.54, 1.807) is 11.3 Å². The molecule has 2 N–H and O–H groups in total. The Bertz CT molecular complexity index is 1030. The quantitative estimate of drug-likeness (QED) is 0.408. The normalized spacial score (nSPS) is 11.7. The monoisotopic (exact) mass is 398 g/mol. The van der Waals surface area contributed by atoms with Gasteiger partial charge in [-0.25, -0.2) is 0 Å². The summed E-state index contributed by atoms with van der Waals surface area (Å²) in [4.78, 5) is 13.7. The van der Waals surface area contributed by atoms with Crippen LogP contribution >= 0.6 is 11.3 Å². The number of para-hydroxylation sites is 1. The van der Waals surface area contributed by atoms with Crippen LogP contribution in [0.15, 0.2) is 102 Å². The van der Waals surface area contributed by atoms with Gasteiger partial charge in [-0.05, 0) is 46.8 Å². The molecule has 3 aromatic carbocycles. The van der Waals surface area contributed by atoms with Crippen LogP contribution < -0.4 is 10.6 Å². The van der Waals surface area contributed by atoms with E-state index >= 15 is 0 Å². The first-order valence-electron chi connectivity index (χ1n) is 9.57. The van der Waals surface area contributed by atoms with E-state index in [2.05, 4.69) is 52.4 Å². The second kappa shape index (κ2) is 9.32. The molecule has 4 heteroatoms. The number of benzene rings is 3. The number of carbonyl (C=O) groups is 1. The molecule has 1 atom stereocenters. The highest BCUT2D eigenvalue weighted by Gasteiger charge is 2.14. The second-order valence-electron chi connectivity index (χ2n) is 6.76. The number of rotatable bonds is 7. The van der Waals surface area contributed by atoms with Gasteiger partial charge in [0.15, 0.2) is 0 Å². The summed E-state index contributed by atoms with van der Waals surface area (Å²) in [6, 6.07) is 32.1. The SMILES string of the molecule is O=C(Nc1ccccc1)c1ccc(CN[C@H](c2ccccc2)c2cccs2)cc1. The topological polar surface area (TPSA) is 41.1 Å². The molecule has 0 fully saturated rings. The molecule has 4 rings (SSSR count). The van der Waals surface area contributed by atoms with Crippen molar-refractivity contribution in [3.05, 3.63) is 124 Å². The fourth-order valence-corrected chi connectivity index (χ4v) is 4.03. The van der Waals surface area contributed by atoms with Crippen LogP contribution in [0.2, 0.25) is 0 Å². The maximum atomic E-state index is 12.4. The summed E-state index contributed by atoms with van der Waals surface area (Å²) in [6.07, 6.45) is 0. The minimum atomic E-state index is -0.101. The van der Waals surface area contributed by atoms with Crippen molar-refractivity contribution in [2.24, 2.45) is 0 Å². The Labute approximate surface area is 175 Å². The van der Waals surface area contributed by atoms with Crippen molar-refractivity contribution in [1.29, 1.82) is 0 Å². The van der Waals surface area contributed by atoms with Crippen molar-refractivity contribution >= 4 is 22.9 Å². The van der Waals surface area contributed by atoms with Crippen LogP contribution in [-0.2, 0) is 6.54 Å². The van der Waals surface area contributed by atoms with Crippen LogP contribution in [0.1, 0.15) is 32.4 Å². The average molecular weight is 399 g/mol. The van der Waals surface area contributed by atoms with Crippen molar-refractivity contribution in [1.82, 2.24) is 5.32 Å². The van der Waals surface area contributed by atoms with Gasteiger partial charge in [-0.1, -0.05) is 66.7 Å². The average Bonchev–Trinajstić information content (AvgIpc) is 3.30. The van der Waals surface area contributed by atoms with Gasteiger partial charge in [-0.2, -0.15) is 0 Å². The summed E-state index contributed by atoms with van der Waals surface area (Å²) in [6.45, 7) is 0.720. The minimum absolute atomic E-state index is 0.101. The maximum absolute atomic E-state index is 12.4. The van der Waals surface area contributed by atoms with Crippen LogP contribution in [0, 0.1) is 0 Å². The third-order valence-electron chi connectivity index (χ3n) is 4.72. The molecule has 0 unspecified atom stereocenters. The van der Waals surface area contributed by atoms with Crippen molar-refractivity contribution < 1.29 is 4.79 Å². The Kier molecular flexibility index (Phi) is 6.15. The number of anilines is 1. The molecule has 1 heterocycles. The van der Waals surface area contributed by atoms with Gasteiger partial charge in [-0.15, -0.1) is 11.3 Å². The second-order valence-corrected chi connectivity index (χ2v) is 7.74. The summed E-state index contributed by atoms with van der Waals surface area (Å²) in [5.74, 6) is -0.101. The molecule has 0 radical (unpaired) electrons. The summed E-state index contributed by atoms with van der Waals surface area (Å²) in [7, 11) is 0. The number of carbonyl (C=O) groups excluding carboxylic acids is 1. The smallest absolute Gasteiger partial charge is 0.255 e. The van der Waals surface area contributed by atoms with Gasteiger partial charge >= 0.3 is 0 Å². The molecular weight excluding hydrogens is 376 g/mol. The number of hydrogen-bond acceptors (Lipinski definition) is 3. The van der Waals surface area contributed by atoms with Gasteiger partial charge < -0.3 is 10.6 Å². The molecule has 1 amide bonds. The molecule has 0 aliphatic heterocycles. The zero-order valence-corrected chi connectivity index (χ0v) is 16.7. The molecular formula is C25H22N2OS. The molecule has 4 aromatic rings. The predicted molar refractivity (Wildman–Crippen MR) is 120 cm³/mol. The van der Waals surface area contributed by atoms with E-state index in [0.717, 1.165) is 17.8 Å². The first-order valence-corrected chi connectivity index (χ1v) is 10.4. The lowest BCUT2D eigenvalue weighted by Gasteiger charge is -2.18. The summed E-state index contributed by atoms with van der Waals surface area (Å²) < 4.78 is 0. The highest BCUT2D eigenvalue weighted by atomic mass is 32.1. The zero-order valence-electron chi connectivity index (χ0n) is 15.9. The fraction of sp³-hybridized carbons (Fsp3) is 0.0800. The van der Waals surface area contributed by atoms with E-state index < -0.39 is 0 Å². The Balaban J connectivity index is 1.42. The maximum Gasteiger partial charge on any atom is 0.255 e. The number of thiophene rings is 1. The molecule has 0 saturated carbocycles. The van der Waals surface area contributed by atoms with Crippen molar-refractivity contribution in [3.63, 3.8) is 0 Å². The highest BCUT2D eigenvalue weighted by Crippen LogP contribution is 2.26. The van der Waals surface area contributed by atoms with E-state index in [0.29, 0.717) is 5.56 Å². The Morgan fingerprint density at radius 1 is 0.793 bits per heavy atom. The predicted octanol–water partition coefficient (Wildman–Crippen LogP) is 5.88. The number of amides is 1. The molecule has 0 spiro atoms.